The third-order valence-corrected chi connectivity index (χ3v) is 5.36. The van der Waals surface area contributed by atoms with Gasteiger partial charge in [0.1, 0.15) is 0 Å². The zero-order chi connectivity index (χ0) is 25.0. The van der Waals surface area contributed by atoms with Gasteiger partial charge in [0.2, 0.25) is 11.8 Å². The lowest BCUT2D eigenvalue weighted by molar-refractivity contribution is -0.148. The number of benzene rings is 1. The first-order valence-electron chi connectivity index (χ1n) is 11.5. The van der Waals surface area contributed by atoms with Crippen LogP contribution < -0.4 is 16.2 Å². The molecule has 0 bridgehead atoms. The minimum absolute atomic E-state index is 0.123. The van der Waals surface area contributed by atoms with E-state index in [4.69, 9.17) is 0 Å². The Balaban J connectivity index is 3.15. The number of nitrogens with one attached hydrogen (secondary N) is 3. The molecule has 4 N–H and O–H groups in total. The smallest absolute Gasteiger partial charge is 0.257 e. The summed E-state index contributed by atoms with van der Waals surface area (Å²) in [6.07, 6.45) is 4.40. The molecule has 3 atom stereocenters. The minimum Gasteiger partial charge on any atom is -0.309 e. The van der Waals surface area contributed by atoms with E-state index in [1.807, 2.05) is 70.2 Å². The number of carbonyl (C=O) groups excluding carboxylic acids is 3. The van der Waals surface area contributed by atoms with Gasteiger partial charge < -0.3 is 5.32 Å². The molecular formula is C25H40N4O4. The Kier molecular flexibility index (Phi) is 12.4. The van der Waals surface area contributed by atoms with Gasteiger partial charge in [-0.2, -0.15) is 0 Å². The molecule has 33 heavy (non-hydrogen) atoms. The predicted octanol–water partition coefficient (Wildman–Crippen LogP) is 3.00. The molecule has 3 amide bonds. The standard InChI is InChI=1S/C25H40N4O4/c1-17(2)15-22(23(30)27-29(16-18(3)4)25(32)19(5)26-6)21(24(31)28-33)14-10-13-20-11-8-7-9-12-20/h7-13,17-19,21-22,26,33H,14-16H2,1-6H3,(H,27,30)(H,28,31)/b13-10+/t19-,21-,22+/m0/s1. The molecule has 184 valence electrons. The van der Waals surface area contributed by atoms with E-state index in [2.05, 4.69) is 10.7 Å². The molecule has 0 saturated heterocycles. The number of carbonyl (C=O) groups is 3. The first-order chi connectivity index (χ1) is 15.6. The predicted molar refractivity (Wildman–Crippen MR) is 130 cm³/mol. The fourth-order valence-electron chi connectivity index (χ4n) is 3.54. The summed E-state index contributed by atoms with van der Waals surface area (Å²) in [5.74, 6) is -2.57. The van der Waals surface area contributed by atoms with E-state index in [0.717, 1.165) is 5.56 Å². The molecule has 1 aromatic carbocycles. The molecule has 0 unspecified atom stereocenters. The highest BCUT2D eigenvalue weighted by Crippen LogP contribution is 2.25. The quantitative estimate of drug-likeness (QED) is 0.283. The van der Waals surface area contributed by atoms with Crippen molar-refractivity contribution >= 4 is 23.8 Å². The van der Waals surface area contributed by atoms with Gasteiger partial charge in [-0.05, 0) is 44.2 Å². The number of hydrogen-bond donors (Lipinski definition) is 4. The van der Waals surface area contributed by atoms with Crippen molar-refractivity contribution in [3.8, 4) is 0 Å². The third kappa shape index (κ3) is 9.75. The molecule has 8 nitrogen and oxygen atoms in total. The molecule has 0 aliphatic heterocycles. The average Bonchev–Trinajstić information content (AvgIpc) is 2.78. The Bertz CT molecular complexity index is 780. The Morgan fingerprint density at radius 1 is 0.970 bits per heavy atom. The lowest BCUT2D eigenvalue weighted by atomic mass is 9.82. The molecule has 0 spiro atoms. The molecule has 0 fully saturated rings. The van der Waals surface area contributed by atoms with Crippen LogP contribution in [0.15, 0.2) is 36.4 Å². The molecule has 0 saturated carbocycles. The van der Waals surface area contributed by atoms with E-state index >= 15 is 0 Å². The van der Waals surface area contributed by atoms with Crippen LogP contribution in [0.25, 0.3) is 6.08 Å². The van der Waals surface area contributed by atoms with Crippen LogP contribution in [0.1, 0.15) is 53.0 Å². The SMILES string of the molecule is CN[C@@H](C)C(=O)N(CC(C)C)NC(=O)[C@H](CC(C)C)[C@H](C/C=C/c1ccccc1)C(=O)NO. The van der Waals surface area contributed by atoms with Gasteiger partial charge in [0.15, 0.2) is 0 Å². The first-order valence-corrected chi connectivity index (χ1v) is 11.5. The number of likely N-dealkylation sites (N-methyl/N-ethyl adjacent to an activating group) is 1. The number of nitrogens with zero attached hydrogens (tertiary/aromatic N) is 1. The second-order valence-corrected chi connectivity index (χ2v) is 9.20. The van der Waals surface area contributed by atoms with Crippen molar-refractivity contribution < 1.29 is 19.6 Å². The van der Waals surface area contributed by atoms with Crippen molar-refractivity contribution in [1.82, 2.24) is 21.2 Å². The van der Waals surface area contributed by atoms with Gasteiger partial charge in [0, 0.05) is 6.54 Å². The van der Waals surface area contributed by atoms with E-state index in [0.29, 0.717) is 13.0 Å². The fourth-order valence-corrected chi connectivity index (χ4v) is 3.54. The van der Waals surface area contributed by atoms with Gasteiger partial charge in [-0.3, -0.25) is 30.0 Å². The Morgan fingerprint density at radius 2 is 1.61 bits per heavy atom. The van der Waals surface area contributed by atoms with Crippen molar-refractivity contribution in [3.05, 3.63) is 42.0 Å². The van der Waals surface area contributed by atoms with Gasteiger partial charge in [0.05, 0.1) is 17.9 Å². The van der Waals surface area contributed by atoms with Crippen LogP contribution in [0.5, 0.6) is 0 Å². The van der Waals surface area contributed by atoms with E-state index in [1.165, 1.54) is 5.01 Å². The average molecular weight is 461 g/mol. The van der Waals surface area contributed by atoms with Crippen LogP contribution in [0, 0.1) is 23.7 Å². The second-order valence-electron chi connectivity index (χ2n) is 9.20. The summed E-state index contributed by atoms with van der Waals surface area (Å²) in [5, 5.41) is 13.6. The van der Waals surface area contributed by atoms with E-state index in [1.54, 1.807) is 19.5 Å². The molecule has 0 heterocycles. The molecule has 0 aliphatic carbocycles. The van der Waals surface area contributed by atoms with Crippen molar-refractivity contribution in [2.24, 2.45) is 23.7 Å². The number of hydrazine groups is 1. The lowest BCUT2D eigenvalue weighted by Gasteiger charge is -2.31. The van der Waals surface area contributed by atoms with E-state index in [9.17, 15) is 19.6 Å². The van der Waals surface area contributed by atoms with E-state index < -0.39 is 29.7 Å². The molecule has 1 rings (SSSR count). The Labute approximate surface area is 197 Å². The minimum atomic E-state index is -0.796. The van der Waals surface area contributed by atoms with Crippen LogP contribution >= 0.6 is 0 Å². The maximum atomic E-state index is 13.4. The summed E-state index contributed by atoms with van der Waals surface area (Å²) >= 11 is 0. The normalized spacial score (nSPS) is 14.2. The van der Waals surface area contributed by atoms with Gasteiger partial charge in [-0.1, -0.05) is 70.2 Å². The summed E-state index contributed by atoms with van der Waals surface area (Å²) in [4.78, 5) is 38.7. The number of hydrogen-bond acceptors (Lipinski definition) is 5. The monoisotopic (exact) mass is 460 g/mol. The second kappa shape index (κ2) is 14.4. The van der Waals surface area contributed by atoms with Gasteiger partial charge >= 0.3 is 0 Å². The van der Waals surface area contributed by atoms with Crippen molar-refractivity contribution in [2.45, 2.75) is 53.5 Å². The maximum Gasteiger partial charge on any atom is 0.257 e. The summed E-state index contributed by atoms with van der Waals surface area (Å²) in [5.41, 5.74) is 5.44. The first kappa shape index (κ1) is 28.3. The number of allylic oxidation sites excluding steroid dienone is 1. The number of amides is 3. The number of hydroxylamine groups is 1. The molecule has 0 radical (unpaired) electrons. The van der Waals surface area contributed by atoms with Crippen LogP contribution in [-0.4, -0.2) is 47.6 Å². The van der Waals surface area contributed by atoms with E-state index in [-0.39, 0.29) is 24.2 Å². The fraction of sp³-hybridized carbons (Fsp3) is 0.560. The molecular weight excluding hydrogens is 420 g/mol. The zero-order valence-corrected chi connectivity index (χ0v) is 20.7. The molecule has 0 aromatic heterocycles. The lowest BCUT2D eigenvalue weighted by Crippen LogP contribution is -2.56. The largest absolute Gasteiger partial charge is 0.309 e. The Hall–Kier alpha value is -2.71. The van der Waals surface area contributed by atoms with Crippen LogP contribution in [0.3, 0.4) is 0 Å². The van der Waals surface area contributed by atoms with Gasteiger partial charge in [-0.25, -0.2) is 5.48 Å². The number of rotatable bonds is 12. The topological polar surface area (TPSA) is 111 Å². The van der Waals surface area contributed by atoms with Gasteiger partial charge in [0.25, 0.3) is 5.91 Å². The summed E-state index contributed by atoms with van der Waals surface area (Å²) < 4.78 is 0. The molecule has 0 aliphatic rings. The highest BCUT2D eigenvalue weighted by Gasteiger charge is 2.35. The van der Waals surface area contributed by atoms with Crippen LogP contribution in [0.4, 0.5) is 0 Å². The Morgan fingerprint density at radius 3 is 2.12 bits per heavy atom. The molecule has 8 heteroatoms. The van der Waals surface area contributed by atoms with Crippen molar-refractivity contribution in [2.75, 3.05) is 13.6 Å². The highest BCUT2D eigenvalue weighted by molar-refractivity contribution is 5.89. The maximum absolute atomic E-state index is 13.4. The van der Waals surface area contributed by atoms with Crippen LogP contribution in [0.2, 0.25) is 0 Å². The third-order valence-electron chi connectivity index (χ3n) is 5.36. The molecule has 1 aromatic rings. The van der Waals surface area contributed by atoms with Gasteiger partial charge in [-0.15, -0.1) is 0 Å². The zero-order valence-electron chi connectivity index (χ0n) is 20.7. The summed E-state index contributed by atoms with van der Waals surface area (Å²) in [7, 11) is 1.68. The summed E-state index contributed by atoms with van der Waals surface area (Å²) in [6, 6.07) is 9.15. The summed E-state index contributed by atoms with van der Waals surface area (Å²) in [6.45, 7) is 9.92. The highest BCUT2D eigenvalue weighted by atomic mass is 16.5. The van der Waals surface area contributed by atoms with Crippen molar-refractivity contribution in [1.29, 1.82) is 0 Å². The van der Waals surface area contributed by atoms with Crippen LogP contribution in [-0.2, 0) is 14.4 Å². The van der Waals surface area contributed by atoms with Crippen molar-refractivity contribution in [3.63, 3.8) is 0 Å².